The average molecular weight is 312 g/mol. The number of anilines is 1. The van der Waals surface area contributed by atoms with Crippen molar-refractivity contribution in [1.29, 1.82) is 0 Å². The van der Waals surface area contributed by atoms with Crippen molar-refractivity contribution in [2.75, 3.05) is 5.32 Å². The van der Waals surface area contributed by atoms with Crippen LogP contribution in [-0.4, -0.2) is 10.9 Å². The number of nitrogens with one attached hydrogen (secondary N) is 1. The van der Waals surface area contributed by atoms with Crippen molar-refractivity contribution in [1.82, 2.24) is 4.98 Å². The van der Waals surface area contributed by atoms with E-state index in [-0.39, 0.29) is 22.4 Å². The molecule has 0 fully saturated rings. The van der Waals surface area contributed by atoms with Crippen LogP contribution >= 0.6 is 11.3 Å². The number of aromatic nitrogens is 1. The Balaban J connectivity index is 1.83. The van der Waals surface area contributed by atoms with Crippen molar-refractivity contribution >= 4 is 44.5 Å². The lowest BCUT2D eigenvalue weighted by Gasteiger charge is -1.96. The number of thiazole rings is 1. The topological polar surface area (TPSA) is 85.3 Å². The summed E-state index contributed by atoms with van der Waals surface area (Å²) in [7, 11) is 0. The molecule has 0 saturated heterocycles. The molecule has 0 aliphatic carbocycles. The van der Waals surface area contributed by atoms with Crippen LogP contribution in [0.5, 0.6) is 0 Å². The first kappa shape index (κ1) is 12.8. The number of furan rings is 1. The van der Waals surface area contributed by atoms with Gasteiger partial charge in [0, 0.05) is 17.6 Å². The quantitative estimate of drug-likeness (QED) is 0.614. The number of nitrogens with zero attached hydrogens (tertiary/aromatic N) is 1. The van der Waals surface area contributed by atoms with Crippen LogP contribution in [0, 0.1) is 0 Å². The molecule has 0 spiro atoms. The third-order valence-corrected chi connectivity index (χ3v) is 3.84. The van der Waals surface area contributed by atoms with Gasteiger partial charge >= 0.3 is 5.78 Å². The molecule has 0 bridgehead atoms. The van der Waals surface area contributed by atoms with Gasteiger partial charge < -0.3 is 8.83 Å². The highest BCUT2D eigenvalue weighted by Gasteiger charge is 2.18. The fourth-order valence-electron chi connectivity index (χ4n) is 2.15. The molecule has 0 radical (unpaired) electrons. The lowest BCUT2D eigenvalue weighted by molar-refractivity contribution is 0.0997. The molecule has 0 atom stereocenters. The molecule has 108 valence electrons. The summed E-state index contributed by atoms with van der Waals surface area (Å²) < 4.78 is 10.9. The van der Waals surface area contributed by atoms with Gasteiger partial charge in [-0.3, -0.25) is 14.9 Å². The average Bonchev–Trinajstić information content (AvgIpc) is 3.17. The standard InChI is InChI=1S/C15H8N2O4S/c18-12-8-3-1-2-4-10(8)20-14-9(12)7-11(21-14)13(19)17-15-16-5-6-22-15/h1-7H,(H,16,17,19). The van der Waals surface area contributed by atoms with E-state index in [1.807, 2.05) is 0 Å². The molecule has 7 heteroatoms. The highest BCUT2D eigenvalue weighted by Crippen LogP contribution is 2.22. The van der Waals surface area contributed by atoms with Gasteiger partial charge in [0.25, 0.3) is 5.91 Å². The summed E-state index contributed by atoms with van der Waals surface area (Å²) in [6.45, 7) is 0. The SMILES string of the molecule is O=C(Nc1nccs1)c1cc2c(=O)c3ccccc3oc2o1. The fraction of sp³-hybridized carbons (Fsp3) is 0. The van der Waals surface area contributed by atoms with E-state index >= 15 is 0 Å². The van der Waals surface area contributed by atoms with E-state index in [2.05, 4.69) is 10.3 Å². The van der Waals surface area contributed by atoms with Gasteiger partial charge in [0.15, 0.2) is 10.9 Å². The maximum atomic E-state index is 12.4. The number of hydrogen-bond acceptors (Lipinski definition) is 6. The molecule has 3 heterocycles. The van der Waals surface area contributed by atoms with Crippen molar-refractivity contribution in [3.63, 3.8) is 0 Å². The van der Waals surface area contributed by atoms with Gasteiger partial charge in [0.2, 0.25) is 5.43 Å². The van der Waals surface area contributed by atoms with Crippen molar-refractivity contribution in [2.24, 2.45) is 0 Å². The Hall–Kier alpha value is -2.93. The van der Waals surface area contributed by atoms with Gasteiger partial charge in [-0.25, -0.2) is 4.98 Å². The highest BCUT2D eigenvalue weighted by atomic mass is 32.1. The number of benzene rings is 1. The molecule has 22 heavy (non-hydrogen) atoms. The Morgan fingerprint density at radius 1 is 1.18 bits per heavy atom. The number of carbonyl (C=O) groups excluding carboxylic acids is 1. The van der Waals surface area contributed by atoms with Crippen molar-refractivity contribution in [2.45, 2.75) is 0 Å². The Bertz CT molecular complexity index is 1050. The smallest absolute Gasteiger partial charge is 0.302 e. The molecular formula is C15H8N2O4S. The van der Waals surface area contributed by atoms with Crippen LogP contribution in [0.25, 0.3) is 22.1 Å². The summed E-state index contributed by atoms with van der Waals surface area (Å²) in [5.74, 6) is -0.445. The van der Waals surface area contributed by atoms with Crippen LogP contribution in [0.4, 0.5) is 5.13 Å². The molecule has 0 aliphatic heterocycles. The van der Waals surface area contributed by atoms with Crippen LogP contribution in [0.3, 0.4) is 0 Å². The second-order valence-corrected chi connectivity index (χ2v) is 5.43. The van der Waals surface area contributed by atoms with Crippen LogP contribution in [0.15, 0.2) is 55.5 Å². The number of amides is 1. The van der Waals surface area contributed by atoms with E-state index in [4.69, 9.17) is 8.83 Å². The van der Waals surface area contributed by atoms with E-state index in [0.29, 0.717) is 16.1 Å². The molecule has 4 aromatic rings. The largest absolute Gasteiger partial charge is 0.425 e. The molecule has 0 unspecified atom stereocenters. The number of hydrogen-bond donors (Lipinski definition) is 1. The molecule has 1 amide bonds. The van der Waals surface area contributed by atoms with Crippen LogP contribution in [0.1, 0.15) is 10.6 Å². The Kier molecular flexibility index (Phi) is 2.80. The number of fused-ring (bicyclic) bond motifs is 2. The zero-order valence-electron chi connectivity index (χ0n) is 11.0. The second kappa shape index (κ2) is 4.81. The summed E-state index contributed by atoms with van der Waals surface area (Å²) in [4.78, 5) is 28.4. The number of carbonyl (C=O) groups is 1. The van der Waals surface area contributed by atoms with E-state index in [1.165, 1.54) is 17.4 Å². The maximum Gasteiger partial charge on any atom is 0.302 e. The van der Waals surface area contributed by atoms with Gasteiger partial charge in [-0.05, 0) is 12.1 Å². The van der Waals surface area contributed by atoms with Crippen LogP contribution < -0.4 is 10.7 Å². The van der Waals surface area contributed by atoms with Gasteiger partial charge in [-0.1, -0.05) is 12.1 Å². The summed E-state index contributed by atoms with van der Waals surface area (Å²) in [5.41, 5.74) is 0.190. The zero-order chi connectivity index (χ0) is 15.1. The molecule has 3 aromatic heterocycles. The van der Waals surface area contributed by atoms with Crippen LogP contribution in [0.2, 0.25) is 0 Å². The third kappa shape index (κ3) is 1.99. The van der Waals surface area contributed by atoms with Crippen LogP contribution in [-0.2, 0) is 0 Å². The minimum Gasteiger partial charge on any atom is -0.425 e. The molecular weight excluding hydrogens is 304 g/mol. The predicted molar refractivity (Wildman–Crippen MR) is 82.3 cm³/mol. The lowest BCUT2D eigenvalue weighted by Crippen LogP contribution is -2.10. The third-order valence-electron chi connectivity index (χ3n) is 3.15. The number of rotatable bonds is 2. The Labute approximate surface area is 127 Å². The molecule has 0 aliphatic rings. The van der Waals surface area contributed by atoms with E-state index in [0.717, 1.165) is 0 Å². The summed E-state index contributed by atoms with van der Waals surface area (Å²) in [5, 5.41) is 5.47. The predicted octanol–water partition coefficient (Wildman–Crippen LogP) is 3.25. The van der Waals surface area contributed by atoms with Crippen molar-refractivity contribution in [3.05, 3.63) is 57.9 Å². The Morgan fingerprint density at radius 2 is 2.05 bits per heavy atom. The first-order valence-electron chi connectivity index (χ1n) is 6.38. The van der Waals surface area contributed by atoms with E-state index in [9.17, 15) is 9.59 Å². The molecule has 6 nitrogen and oxygen atoms in total. The molecule has 1 aromatic carbocycles. The van der Waals surface area contributed by atoms with Gasteiger partial charge in [0.05, 0.1) is 5.39 Å². The van der Waals surface area contributed by atoms with E-state index < -0.39 is 5.91 Å². The van der Waals surface area contributed by atoms with E-state index in [1.54, 1.807) is 35.8 Å². The summed E-state index contributed by atoms with van der Waals surface area (Å²) >= 11 is 1.29. The minimum atomic E-state index is -0.482. The minimum absolute atomic E-state index is 0.00126. The van der Waals surface area contributed by atoms with Gasteiger partial charge in [0.1, 0.15) is 11.0 Å². The van der Waals surface area contributed by atoms with Gasteiger partial charge in [-0.15, -0.1) is 11.3 Å². The molecule has 1 N–H and O–H groups in total. The summed E-state index contributed by atoms with van der Waals surface area (Å²) in [6, 6.07) is 8.24. The highest BCUT2D eigenvalue weighted by molar-refractivity contribution is 7.13. The molecule has 4 rings (SSSR count). The first-order valence-corrected chi connectivity index (χ1v) is 7.26. The Morgan fingerprint density at radius 3 is 2.86 bits per heavy atom. The maximum absolute atomic E-state index is 12.4. The molecule has 0 saturated carbocycles. The zero-order valence-corrected chi connectivity index (χ0v) is 11.8. The first-order chi connectivity index (χ1) is 10.7. The lowest BCUT2D eigenvalue weighted by atomic mass is 10.2. The van der Waals surface area contributed by atoms with Crippen molar-refractivity contribution < 1.29 is 13.6 Å². The second-order valence-electron chi connectivity index (χ2n) is 4.53. The normalized spacial score (nSPS) is 11.1. The summed E-state index contributed by atoms with van der Waals surface area (Å²) in [6.07, 6.45) is 1.58. The monoisotopic (exact) mass is 312 g/mol. The number of para-hydroxylation sites is 1. The fourth-order valence-corrected chi connectivity index (χ4v) is 2.68. The van der Waals surface area contributed by atoms with Gasteiger partial charge in [-0.2, -0.15) is 0 Å². The van der Waals surface area contributed by atoms with Crippen molar-refractivity contribution in [3.8, 4) is 0 Å².